The number of imidazole rings is 1. The van der Waals surface area contributed by atoms with Crippen molar-refractivity contribution in [1.82, 2.24) is 9.55 Å². The molecule has 0 bridgehead atoms. The van der Waals surface area contributed by atoms with Gasteiger partial charge in [-0.15, -0.1) is 0 Å². The Bertz CT molecular complexity index is 435. The molecule has 0 atom stereocenters. The van der Waals surface area contributed by atoms with Gasteiger partial charge < -0.3 is 10.3 Å². The van der Waals surface area contributed by atoms with Crippen molar-refractivity contribution in [2.75, 3.05) is 5.73 Å². The Morgan fingerprint density at radius 3 is 2.21 bits per heavy atom. The van der Waals surface area contributed by atoms with Crippen LogP contribution in [0.4, 0.5) is 5.82 Å². The Morgan fingerprint density at radius 2 is 1.68 bits per heavy atom. The summed E-state index contributed by atoms with van der Waals surface area (Å²) in [6.45, 7) is 4.47. The first kappa shape index (κ1) is 13.0. The summed E-state index contributed by atoms with van der Waals surface area (Å²) in [6, 6.07) is 0.643. The van der Waals surface area contributed by atoms with Crippen LogP contribution in [0.15, 0.2) is 0 Å². The van der Waals surface area contributed by atoms with Crippen molar-refractivity contribution in [1.29, 1.82) is 0 Å². The molecule has 0 unspecified atom stereocenters. The van der Waals surface area contributed by atoms with Gasteiger partial charge in [0.2, 0.25) is 0 Å². The van der Waals surface area contributed by atoms with Gasteiger partial charge in [0.15, 0.2) is 0 Å². The first-order valence-electron chi connectivity index (χ1n) is 8.06. The fourth-order valence-electron chi connectivity index (χ4n) is 3.46. The third kappa shape index (κ3) is 2.52. The molecular weight excluding hydrogens is 234 g/mol. The number of nitrogen functional groups attached to an aromatic ring is 1. The zero-order chi connectivity index (χ0) is 13.4. The van der Waals surface area contributed by atoms with Crippen molar-refractivity contribution >= 4 is 5.82 Å². The Kier molecular flexibility index (Phi) is 3.55. The van der Waals surface area contributed by atoms with Crippen molar-refractivity contribution in [2.24, 2.45) is 0 Å². The van der Waals surface area contributed by atoms with E-state index in [0.29, 0.717) is 17.9 Å². The fraction of sp³-hybridized carbons (Fsp3) is 0.812. The van der Waals surface area contributed by atoms with E-state index in [1.165, 1.54) is 62.9 Å². The van der Waals surface area contributed by atoms with E-state index in [2.05, 4.69) is 18.4 Å². The minimum Gasteiger partial charge on any atom is -0.384 e. The second-order valence-electron chi connectivity index (χ2n) is 6.68. The minimum absolute atomic E-state index is 0.474. The van der Waals surface area contributed by atoms with E-state index in [4.69, 9.17) is 10.7 Å². The number of nitrogens with zero attached hydrogens (tertiary/aromatic N) is 2. The average Bonchev–Trinajstić information content (AvgIpc) is 3.18. The zero-order valence-corrected chi connectivity index (χ0v) is 12.4. The molecule has 0 aliphatic heterocycles. The molecule has 106 valence electrons. The van der Waals surface area contributed by atoms with Gasteiger partial charge in [-0.3, -0.25) is 0 Å². The van der Waals surface area contributed by atoms with Gasteiger partial charge >= 0.3 is 0 Å². The van der Waals surface area contributed by atoms with E-state index >= 15 is 0 Å². The lowest BCUT2D eigenvalue weighted by Gasteiger charge is -2.13. The Morgan fingerprint density at radius 1 is 1.05 bits per heavy atom. The van der Waals surface area contributed by atoms with Gasteiger partial charge in [-0.05, 0) is 25.7 Å². The molecule has 3 rings (SSSR count). The molecule has 3 heteroatoms. The Labute approximate surface area is 116 Å². The van der Waals surface area contributed by atoms with Gasteiger partial charge in [0.1, 0.15) is 11.6 Å². The Balaban J connectivity index is 1.94. The minimum atomic E-state index is 0.474. The standard InChI is InChI=1S/C16H27N3/c1-11(2)16-18-14(12-7-5-3-4-6-8-12)15(17)19(16)13-9-10-13/h11-13H,3-10,17H2,1-2H3. The number of hydrogen-bond acceptors (Lipinski definition) is 2. The van der Waals surface area contributed by atoms with Gasteiger partial charge in [-0.25, -0.2) is 4.98 Å². The fourth-order valence-corrected chi connectivity index (χ4v) is 3.46. The van der Waals surface area contributed by atoms with Gasteiger partial charge in [0.05, 0.1) is 5.69 Å². The van der Waals surface area contributed by atoms with Crippen molar-refractivity contribution in [2.45, 2.75) is 83.1 Å². The molecule has 0 saturated heterocycles. The van der Waals surface area contributed by atoms with Crippen LogP contribution in [0.2, 0.25) is 0 Å². The van der Waals surface area contributed by atoms with Gasteiger partial charge in [-0.1, -0.05) is 39.5 Å². The number of anilines is 1. The van der Waals surface area contributed by atoms with Crippen LogP contribution in [0, 0.1) is 0 Å². The normalized spacial score (nSPS) is 21.8. The lowest BCUT2D eigenvalue weighted by atomic mass is 9.96. The third-order valence-corrected chi connectivity index (χ3v) is 4.67. The highest BCUT2D eigenvalue weighted by atomic mass is 15.2. The van der Waals surface area contributed by atoms with E-state index in [1.54, 1.807) is 0 Å². The quantitative estimate of drug-likeness (QED) is 0.821. The van der Waals surface area contributed by atoms with E-state index in [9.17, 15) is 0 Å². The summed E-state index contributed by atoms with van der Waals surface area (Å²) in [7, 11) is 0. The van der Waals surface area contributed by atoms with Crippen molar-refractivity contribution in [3.8, 4) is 0 Å². The van der Waals surface area contributed by atoms with Crippen molar-refractivity contribution in [3.63, 3.8) is 0 Å². The maximum absolute atomic E-state index is 6.47. The van der Waals surface area contributed by atoms with Crippen LogP contribution >= 0.6 is 0 Å². The molecule has 2 aliphatic rings. The molecule has 2 aliphatic carbocycles. The highest BCUT2D eigenvalue weighted by Crippen LogP contribution is 2.43. The van der Waals surface area contributed by atoms with Gasteiger partial charge in [0, 0.05) is 17.9 Å². The predicted molar refractivity (Wildman–Crippen MR) is 79.4 cm³/mol. The number of hydrogen-bond donors (Lipinski definition) is 1. The Hall–Kier alpha value is -0.990. The van der Waals surface area contributed by atoms with Crippen LogP contribution in [0.25, 0.3) is 0 Å². The molecule has 2 saturated carbocycles. The second kappa shape index (κ2) is 5.18. The number of aromatic nitrogens is 2. The molecule has 1 heterocycles. The number of rotatable bonds is 3. The SMILES string of the molecule is CC(C)c1nc(C2CCCCCC2)c(N)n1C1CC1. The van der Waals surface area contributed by atoms with Crippen LogP contribution in [-0.4, -0.2) is 9.55 Å². The molecule has 19 heavy (non-hydrogen) atoms. The molecule has 0 radical (unpaired) electrons. The van der Waals surface area contributed by atoms with E-state index < -0.39 is 0 Å². The van der Waals surface area contributed by atoms with Gasteiger partial charge in [-0.2, -0.15) is 0 Å². The van der Waals surface area contributed by atoms with E-state index in [0.717, 1.165) is 5.82 Å². The lowest BCUT2D eigenvalue weighted by Crippen LogP contribution is -2.07. The third-order valence-electron chi connectivity index (χ3n) is 4.67. The van der Waals surface area contributed by atoms with Crippen molar-refractivity contribution < 1.29 is 0 Å². The lowest BCUT2D eigenvalue weighted by molar-refractivity contribution is 0.579. The monoisotopic (exact) mass is 261 g/mol. The molecule has 0 amide bonds. The number of nitrogens with two attached hydrogens (primary N) is 1. The summed E-state index contributed by atoms with van der Waals surface area (Å²) >= 11 is 0. The predicted octanol–water partition coefficient (Wildman–Crippen LogP) is 4.36. The average molecular weight is 261 g/mol. The molecule has 1 aromatic heterocycles. The van der Waals surface area contributed by atoms with E-state index in [1.807, 2.05) is 0 Å². The topological polar surface area (TPSA) is 43.8 Å². The molecule has 0 spiro atoms. The molecule has 2 N–H and O–H groups in total. The molecule has 1 aromatic rings. The highest BCUT2D eigenvalue weighted by molar-refractivity contribution is 5.42. The van der Waals surface area contributed by atoms with Crippen LogP contribution < -0.4 is 5.73 Å². The van der Waals surface area contributed by atoms with E-state index in [-0.39, 0.29) is 0 Å². The van der Waals surface area contributed by atoms with Crippen LogP contribution in [0.5, 0.6) is 0 Å². The molecular formula is C16H27N3. The van der Waals surface area contributed by atoms with Crippen LogP contribution in [-0.2, 0) is 0 Å². The second-order valence-corrected chi connectivity index (χ2v) is 6.68. The van der Waals surface area contributed by atoms with Crippen LogP contribution in [0.3, 0.4) is 0 Å². The summed E-state index contributed by atoms with van der Waals surface area (Å²) in [6.07, 6.45) is 10.6. The first-order valence-corrected chi connectivity index (χ1v) is 8.06. The smallest absolute Gasteiger partial charge is 0.127 e. The maximum Gasteiger partial charge on any atom is 0.127 e. The molecule has 3 nitrogen and oxygen atoms in total. The van der Waals surface area contributed by atoms with Crippen LogP contribution in [0.1, 0.15) is 94.6 Å². The zero-order valence-electron chi connectivity index (χ0n) is 12.4. The summed E-state index contributed by atoms with van der Waals surface area (Å²) in [5.74, 6) is 3.29. The van der Waals surface area contributed by atoms with Crippen molar-refractivity contribution in [3.05, 3.63) is 11.5 Å². The molecule has 0 aromatic carbocycles. The summed E-state index contributed by atoms with van der Waals surface area (Å²) < 4.78 is 2.35. The largest absolute Gasteiger partial charge is 0.384 e. The first-order chi connectivity index (χ1) is 9.18. The summed E-state index contributed by atoms with van der Waals surface area (Å²) in [5, 5.41) is 0. The summed E-state index contributed by atoms with van der Waals surface area (Å²) in [5.41, 5.74) is 7.69. The highest BCUT2D eigenvalue weighted by Gasteiger charge is 2.32. The van der Waals surface area contributed by atoms with Gasteiger partial charge in [0.25, 0.3) is 0 Å². The molecule has 2 fully saturated rings. The summed E-state index contributed by atoms with van der Waals surface area (Å²) in [4.78, 5) is 4.97. The maximum atomic E-state index is 6.47.